The van der Waals surface area contributed by atoms with Crippen molar-refractivity contribution in [2.24, 2.45) is 0 Å². The molecule has 0 amide bonds. The van der Waals surface area contributed by atoms with Crippen molar-refractivity contribution in [1.82, 2.24) is 15.0 Å². The van der Waals surface area contributed by atoms with Crippen molar-refractivity contribution in [1.29, 1.82) is 0 Å². The Labute approximate surface area is 99.1 Å². The van der Waals surface area contributed by atoms with Crippen molar-refractivity contribution in [2.45, 2.75) is 0 Å². The zero-order valence-corrected chi connectivity index (χ0v) is 9.57. The number of halogens is 2. The molecule has 0 bridgehead atoms. The minimum Gasteiger partial charge on any atom is -0.368 e. The third-order valence-electron chi connectivity index (χ3n) is 1.57. The van der Waals surface area contributed by atoms with Crippen molar-refractivity contribution < 1.29 is 0 Å². The number of nitrogen functional groups attached to an aromatic ring is 2. The van der Waals surface area contributed by atoms with Gasteiger partial charge in [-0.25, -0.2) is 0 Å². The average Bonchev–Trinajstić information content (AvgIpc) is 2.43. The van der Waals surface area contributed by atoms with E-state index in [-0.39, 0.29) is 11.9 Å². The van der Waals surface area contributed by atoms with Crippen molar-refractivity contribution in [2.75, 3.05) is 11.5 Å². The second kappa shape index (κ2) is 3.80. The zero-order valence-electron chi connectivity index (χ0n) is 7.24. The lowest BCUT2D eigenvalue weighted by Crippen LogP contribution is -2.03. The van der Waals surface area contributed by atoms with Crippen molar-refractivity contribution in [3.8, 4) is 11.4 Å². The van der Waals surface area contributed by atoms with E-state index in [4.69, 9.17) is 34.7 Å². The molecular weight excluding hydrogens is 257 g/mol. The molecule has 0 unspecified atom stereocenters. The Morgan fingerprint density at radius 3 is 2.13 bits per heavy atom. The van der Waals surface area contributed by atoms with E-state index in [1.807, 2.05) is 0 Å². The van der Waals surface area contributed by atoms with Gasteiger partial charge in [0, 0.05) is 0 Å². The molecule has 2 aromatic heterocycles. The number of nitrogens with two attached hydrogens (primary N) is 2. The molecule has 0 aromatic carbocycles. The predicted molar refractivity (Wildman–Crippen MR) is 62.0 cm³/mol. The van der Waals surface area contributed by atoms with Crippen LogP contribution in [0.25, 0.3) is 11.4 Å². The van der Waals surface area contributed by atoms with Crippen LogP contribution >= 0.6 is 34.5 Å². The van der Waals surface area contributed by atoms with E-state index < -0.39 is 0 Å². The number of rotatable bonds is 1. The molecule has 78 valence electrons. The summed E-state index contributed by atoms with van der Waals surface area (Å²) >= 11 is 13.0. The summed E-state index contributed by atoms with van der Waals surface area (Å²) in [5, 5.41) is 0. The molecule has 0 aliphatic carbocycles. The van der Waals surface area contributed by atoms with Crippen LogP contribution in [0.5, 0.6) is 0 Å². The first kappa shape index (κ1) is 10.4. The SMILES string of the molecule is Nc1nc(N)nc(-c2cc(Cl)sc2Cl)n1. The van der Waals surface area contributed by atoms with E-state index in [9.17, 15) is 0 Å². The third-order valence-corrected chi connectivity index (χ3v) is 3.06. The van der Waals surface area contributed by atoms with Gasteiger partial charge in [0.15, 0.2) is 5.82 Å². The van der Waals surface area contributed by atoms with E-state index in [0.29, 0.717) is 20.1 Å². The molecule has 15 heavy (non-hydrogen) atoms. The van der Waals surface area contributed by atoms with Gasteiger partial charge in [0.1, 0.15) is 4.34 Å². The van der Waals surface area contributed by atoms with Crippen molar-refractivity contribution in [3.05, 3.63) is 14.7 Å². The lowest BCUT2D eigenvalue weighted by atomic mass is 10.3. The number of hydrogen-bond donors (Lipinski definition) is 2. The lowest BCUT2D eigenvalue weighted by Gasteiger charge is -1.99. The number of aromatic nitrogens is 3. The molecule has 0 aliphatic heterocycles. The summed E-state index contributed by atoms with van der Waals surface area (Å²) < 4.78 is 1.04. The molecule has 0 fully saturated rings. The first-order valence-electron chi connectivity index (χ1n) is 3.78. The number of hydrogen-bond acceptors (Lipinski definition) is 6. The van der Waals surface area contributed by atoms with Crippen LogP contribution in [0.1, 0.15) is 0 Å². The highest BCUT2D eigenvalue weighted by molar-refractivity contribution is 7.20. The van der Waals surface area contributed by atoms with Crippen LogP contribution in [0.2, 0.25) is 8.67 Å². The number of thiophene rings is 1. The van der Waals surface area contributed by atoms with E-state index >= 15 is 0 Å². The maximum absolute atomic E-state index is 5.94. The first-order chi connectivity index (χ1) is 7.06. The summed E-state index contributed by atoms with van der Waals surface area (Å²) in [6.07, 6.45) is 0. The molecule has 0 saturated carbocycles. The fraction of sp³-hybridized carbons (Fsp3) is 0. The Balaban J connectivity index is 2.58. The molecule has 0 radical (unpaired) electrons. The lowest BCUT2D eigenvalue weighted by molar-refractivity contribution is 1.09. The van der Waals surface area contributed by atoms with Crippen molar-refractivity contribution >= 4 is 46.4 Å². The van der Waals surface area contributed by atoms with Gasteiger partial charge in [-0.15, -0.1) is 11.3 Å². The topological polar surface area (TPSA) is 90.7 Å². The summed E-state index contributed by atoms with van der Waals surface area (Å²) in [6.45, 7) is 0. The fourth-order valence-electron chi connectivity index (χ4n) is 1.02. The van der Waals surface area contributed by atoms with Crippen LogP contribution < -0.4 is 11.5 Å². The van der Waals surface area contributed by atoms with Gasteiger partial charge in [-0.2, -0.15) is 15.0 Å². The molecule has 0 spiro atoms. The maximum Gasteiger partial charge on any atom is 0.225 e. The van der Waals surface area contributed by atoms with Crippen LogP contribution in [0.3, 0.4) is 0 Å². The molecule has 5 nitrogen and oxygen atoms in total. The standard InChI is InChI=1S/C7H5Cl2N5S/c8-3-1-2(4(9)15-3)5-12-6(10)14-7(11)13-5/h1H,(H4,10,11,12,13,14). The normalized spacial score (nSPS) is 10.5. The van der Waals surface area contributed by atoms with E-state index in [1.165, 1.54) is 11.3 Å². The van der Waals surface area contributed by atoms with Crippen molar-refractivity contribution in [3.63, 3.8) is 0 Å². The summed E-state index contributed by atoms with van der Waals surface area (Å²) in [6, 6.07) is 1.66. The second-order valence-electron chi connectivity index (χ2n) is 2.61. The molecule has 0 atom stereocenters. The van der Waals surface area contributed by atoms with E-state index in [0.717, 1.165) is 0 Å². The number of anilines is 2. The minimum atomic E-state index is 0.0517. The molecular formula is C7H5Cl2N5S. The predicted octanol–water partition coefficient (Wildman–Crippen LogP) is 2.07. The summed E-state index contributed by atoms with van der Waals surface area (Å²) in [5.41, 5.74) is 11.5. The van der Waals surface area contributed by atoms with E-state index in [2.05, 4.69) is 15.0 Å². The van der Waals surface area contributed by atoms with Crippen LogP contribution in [0.4, 0.5) is 11.9 Å². The highest BCUT2D eigenvalue weighted by Gasteiger charge is 2.12. The van der Waals surface area contributed by atoms with Crippen LogP contribution in [-0.2, 0) is 0 Å². The second-order valence-corrected chi connectivity index (χ2v) is 4.90. The van der Waals surface area contributed by atoms with Crippen LogP contribution in [0.15, 0.2) is 6.07 Å². The molecule has 2 aromatic rings. The largest absolute Gasteiger partial charge is 0.368 e. The molecule has 2 rings (SSSR count). The summed E-state index contributed by atoms with van der Waals surface area (Å²) in [4.78, 5) is 11.5. The molecule has 4 N–H and O–H groups in total. The average molecular weight is 262 g/mol. The molecule has 8 heteroatoms. The van der Waals surface area contributed by atoms with Gasteiger partial charge in [0.05, 0.1) is 9.90 Å². The summed E-state index contributed by atoms with van der Waals surface area (Å²) in [5.74, 6) is 0.430. The molecule has 0 aliphatic rings. The van der Waals surface area contributed by atoms with Gasteiger partial charge in [-0.1, -0.05) is 23.2 Å². The Hall–Kier alpha value is -1.11. The van der Waals surface area contributed by atoms with Gasteiger partial charge >= 0.3 is 0 Å². The Bertz CT molecular complexity index is 492. The number of nitrogens with zero attached hydrogens (tertiary/aromatic N) is 3. The Kier molecular flexibility index (Phi) is 2.64. The Morgan fingerprint density at radius 2 is 1.67 bits per heavy atom. The third kappa shape index (κ3) is 2.11. The maximum atomic E-state index is 5.94. The fourth-order valence-corrected chi connectivity index (χ4v) is 2.48. The highest BCUT2D eigenvalue weighted by Crippen LogP contribution is 2.36. The molecule has 2 heterocycles. The zero-order chi connectivity index (χ0) is 11.0. The monoisotopic (exact) mass is 261 g/mol. The van der Waals surface area contributed by atoms with Gasteiger partial charge in [0.2, 0.25) is 11.9 Å². The molecule has 0 saturated heterocycles. The smallest absolute Gasteiger partial charge is 0.225 e. The summed E-state index contributed by atoms with van der Waals surface area (Å²) in [7, 11) is 0. The van der Waals surface area contributed by atoms with E-state index in [1.54, 1.807) is 6.07 Å². The quantitative estimate of drug-likeness (QED) is 0.820. The van der Waals surface area contributed by atoms with Crippen LogP contribution in [-0.4, -0.2) is 15.0 Å². The Morgan fingerprint density at radius 1 is 1.07 bits per heavy atom. The minimum absolute atomic E-state index is 0.0517. The van der Waals surface area contributed by atoms with Crippen LogP contribution in [0, 0.1) is 0 Å². The highest BCUT2D eigenvalue weighted by atomic mass is 35.5. The van der Waals surface area contributed by atoms with Gasteiger partial charge < -0.3 is 11.5 Å². The first-order valence-corrected chi connectivity index (χ1v) is 5.35. The van der Waals surface area contributed by atoms with Gasteiger partial charge in [-0.05, 0) is 6.07 Å². The van der Waals surface area contributed by atoms with Gasteiger partial charge in [-0.3, -0.25) is 0 Å². The van der Waals surface area contributed by atoms with Gasteiger partial charge in [0.25, 0.3) is 0 Å².